The zero-order valence-corrected chi connectivity index (χ0v) is 12.4. The van der Waals surface area contributed by atoms with Crippen LogP contribution in [0.15, 0.2) is 0 Å². The molecule has 0 aromatic rings. The molecule has 0 aromatic heterocycles. The van der Waals surface area contributed by atoms with Crippen molar-refractivity contribution in [2.45, 2.75) is 30.3 Å². The Bertz CT molecular complexity index is 433. The number of amides is 2. The predicted molar refractivity (Wildman–Crippen MR) is 76.1 cm³/mol. The van der Waals surface area contributed by atoms with Gasteiger partial charge in [0.05, 0.1) is 18.0 Å². The lowest BCUT2D eigenvalue weighted by molar-refractivity contribution is -0.139. The maximum Gasteiger partial charge on any atom is 0.322 e. The molecule has 2 unspecified atom stereocenters. The number of hydrogen-bond donors (Lipinski definition) is 6. The van der Waals surface area contributed by atoms with E-state index in [2.05, 4.69) is 10.6 Å². The highest BCUT2D eigenvalue weighted by Crippen LogP contribution is 2.10. The van der Waals surface area contributed by atoms with E-state index in [1.807, 2.05) is 0 Å². The highest BCUT2D eigenvalue weighted by molar-refractivity contribution is 6.22. The average Bonchev–Trinajstić information content (AvgIpc) is 2.46. The Morgan fingerprint density at radius 1 is 1.00 bits per heavy atom. The zero-order valence-electron chi connectivity index (χ0n) is 11.6. The van der Waals surface area contributed by atoms with Crippen molar-refractivity contribution < 1.29 is 29.4 Å². The van der Waals surface area contributed by atoms with Gasteiger partial charge in [0.1, 0.15) is 12.6 Å². The quantitative estimate of drug-likeness (QED) is 0.234. The molecule has 10 nitrogen and oxygen atoms in total. The number of carbonyl (C=O) groups excluding carboxylic acids is 2. The molecular weight excluding hydrogens is 320 g/mol. The lowest BCUT2D eigenvalue weighted by Crippen LogP contribution is -2.46. The van der Waals surface area contributed by atoms with E-state index in [1.165, 1.54) is 0 Å². The summed E-state index contributed by atoms with van der Waals surface area (Å²) >= 11 is 5.76. The molecule has 0 aliphatic heterocycles. The standard InChI is InChI=1S/C11H19ClN4O6/c12-5(9(14)11(21)22)1-2-6(13)10(20)16-3-7(17)15-4-8(18)19/h5-6,9H,1-4,13-14H2,(H,15,17)(H,16,20)(H,18,19)(H,21,22)/t5?,6-,9?/m0/s1. The second-order valence-electron chi connectivity index (χ2n) is 4.45. The van der Waals surface area contributed by atoms with Gasteiger partial charge in [0.15, 0.2) is 0 Å². The molecule has 8 N–H and O–H groups in total. The lowest BCUT2D eigenvalue weighted by Gasteiger charge is -2.16. The Hall–Kier alpha value is -1.91. The SMILES string of the molecule is NC(C(=O)O)C(Cl)CC[C@H](N)C(=O)NCC(=O)NCC(=O)O. The fourth-order valence-corrected chi connectivity index (χ4v) is 1.57. The van der Waals surface area contributed by atoms with Crippen molar-refractivity contribution in [3.8, 4) is 0 Å². The third-order valence-corrected chi connectivity index (χ3v) is 3.11. The van der Waals surface area contributed by atoms with Crippen molar-refractivity contribution in [2.75, 3.05) is 13.1 Å². The van der Waals surface area contributed by atoms with Crippen LogP contribution in [0.3, 0.4) is 0 Å². The van der Waals surface area contributed by atoms with Crippen LogP contribution in [0.2, 0.25) is 0 Å². The van der Waals surface area contributed by atoms with Crippen LogP contribution in [0.25, 0.3) is 0 Å². The van der Waals surface area contributed by atoms with Gasteiger partial charge in [-0.05, 0) is 12.8 Å². The molecule has 126 valence electrons. The van der Waals surface area contributed by atoms with Crippen molar-refractivity contribution in [3.63, 3.8) is 0 Å². The minimum atomic E-state index is -1.27. The molecule has 0 heterocycles. The van der Waals surface area contributed by atoms with Crippen LogP contribution in [-0.2, 0) is 19.2 Å². The Morgan fingerprint density at radius 3 is 2.09 bits per heavy atom. The van der Waals surface area contributed by atoms with Gasteiger partial charge < -0.3 is 32.3 Å². The molecule has 2 amide bonds. The highest BCUT2D eigenvalue weighted by Gasteiger charge is 2.24. The second-order valence-corrected chi connectivity index (χ2v) is 5.01. The first-order valence-corrected chi connectivity index (χ1v) is 6.73. The Morgan fingerprint density at radius 2 is 1.59 bits per heavy atom. The van der Waals surface area contributed by atoms with Crippen molar-refractivity contribution in [3.05, 3.63) is 0 Å². The fraction of sp³-hybridized carbons (Fsp3) is 0.636. The molecule has 0 saturated carbocycles. The molecule has 0 fully saturated rings. The second kappa shape index (κ2) is 9.92. The van der Waals surface area contributed by atoms with E-state index in [4.69, 9.17) is 33.3 Å². The molecule has 3 atom stereocenters. The van der Waals surface area contributed by atoms with Gasteiger partial charge in [0, 0.05) is 0 Å². The first kappa shape index (κ1) is 20.1. The van der Waals surface area contributed by atoms with E-state index < -0.39 is 54.3 Å². The lowest BCUT2D eigenvalue weighted by atomic mass is 10.1. The number of carboxylic acids is 2. The highest BCUT2D eigenvalue weighted by atomic mass is 35.5. The molecule has 0 bridgehead atoms. The van der Waals surface area contributed by atoms with E-state index in [1.54, 1.807) is 0 Å². The smallest absolute Gasteiger partial charge is 0.322 e. The molecule has 0 saturated heterocycles. The van der Waals surface area contributed by atoms with Gasteiger partial charge in [-0.15, -0.1) is 11.6 Å². The van der Waals surface area contributed by atoms with E-state index in [0.29, 0.717) is 0 Å². The first-order chi connectivity index (χ1) is 10.1. The molecule has 0 spiro atoms. The number of hydrogen-bond acceptors (Lipinski definition) is 6. The van der Waals surface area contributed by atoms with Gasteiger partial charge in [0.2, 0.25) is 11.8 Å². The molecule has 0 aliphatic rings. The van der Waals surface area contributed by atoms with Crippen LogP contribution >= 0.6 is 11.6 Å². The van der Waals surface area contributed by atoms with Gasteiger partial charge in [-0.3, -0.25) is 19.2 Å². The minimum absolute atomic E-state index is 0.0811. The average molecular weight is 339 g/mol. The Labute approximate surface area is 131 Å². The van der Waals surface area contributed by atoms with Gasteiger partial charge in [-0.1, -0.05) is 0 Å². The molecule has 0 radical (unpaired) electrons. The van der Waals surface area contributed by atoms with Crippen molar-refractivity contribution in [1.29, 1.82) is 0 Å². The predicted octanol–water partition coefficient (Wildman–Crippen LogP) is -2.57. The summed E-state index contributed by atoms with van der Waals surface area (Å²) in [6, 6.07) is -2.26. The Kier molecular flexibility index (Phi) is 9.06. The topological polar surface area (TPSA) is 185 Å². The number of carbonyl (C=O) groups is 4. The first-order valence-electron chi connectivity index (χ1n) is 6.29. The molecule has 0 rings (SSSR count). The molecular formula is C11H19ClN4O6. The normalized spacial score (nSPS) is 14.5. The number of carboxylic acid groups (broad SMARTS) is 2. The largest absolute Gasteiger partial charge is 0.480 e. The van der Waals surface area contributed by atoms with Gasteiger partial charge in [-0.2, -0.15) is 0 Å². The number of alkyl halides is 1. The number of nitrogens with one attached hydrogen (secondary N) is 2. The maximum absolute atomic E-state index is 11.6. The molecule has 22 heavy (non-hydrogen) atoms. The summed E-state index contributed by atoms with van der Waals surface area (Å²) in [6.07, 6.45) is 0.187. The van der Waals surface area contributed by atoms with E-state index >= 15 is 0 Å². The van der Waals surface area contributed by atoms with Gasteiger partial charge in [-0.25, -0.2) is 0 Å². The Balaban J connectivity index is 4.04. The number of rotatable bonds is 10. The van der Waals surface area contributed by atoms with E-state index in [0.717, 1.165) is 0 Å². The summed E-state index contributed by atoms with van der Waals surface area (Å²) in [6.45, 7) is -0.972. The monoisotopic (exact) mass is 338 g/mol. The molecule has 0 aliphatic carbocycles. The summed E-state index contributed by atoms with van der Waals surface area (Å²) in [5, 5.41) is 20.4. The zero-order chi connectivity index (χ0) is 17.3. The van der Waals surface area contributed by atoms with Crippen LogP contribution in [0.4, 0.5) is 0 Å². The van der Waals surface area contributed by atoms with Crippen LogP contribution in [0.1, 0.15) is 12.8 Å². The van der Waals surface area contributed by atoms with Gasteiger partial charge >= 0.3 is 11.9 Å². The van der Waals surface area contributed by atoms with Crippen LogP contribution in [0.5, 0.6) is 0 Å². The number of nitrogens with two attached hydrogens (primary N) is 2. The fourth-order valence-electron chi connectivity index (χ4n) is 1.34. The number of aliphatic carboxylic acids is 2. The van der Waals surface area contributed by atoms with Crippen LogP contribution in [-0.4, -0.2) is 64.5 Å². The summed E-state index contributed by atoms with van der Waals surface area (Å²) in [4.78, 5) is 43.6. The number of halogens is 1. The van der Waals surface area contributed by atoms with Crippen molar-refractivity contribution in [1.82, 2.24) is 10.6 Å². The van der Waals surface area contributed by atoms with Crippen LogP contribution < -0.4 is 22.1 Å². The summed E-state index contributed by atoms with van der Waals surface area (Å²) in [5.41, 5.74) is 10.9. The van der Waals surface area contributed by atoms with Crippen molar-refractivity contribution in [2.24, 2.45) is 11.5 Å². The third-order valence-electron chi connectivity index (χ3n) is 2.62. The molecule has 0 aromatic carbocycles. The van der Waals surface area contributed by atoms with E-state index in [9.17, 15) is 19.2 Å². The van der Waals surface area contributed by atoms with Gasteiger partial charge in [0.25, 0.3) is 0 Å². The third kappa shape index (κ3) is 8.39. The summed E-state index contributed by atoms with van der Waals surface area (Å²) < 4.78 is 0. The van der Waals surface area contributed by atoms with E-state index in [-0.39, 0.29) is 12.8 Å². The van der Waals surface area contributed by atoms with Crippen molar-refractivity contribution >= 4 is 35.4 Å². The summed E-state index contributed by atoms with van der Waals surface area (Å²) in [5.74, 6) is -3.78. The minimum Gasteiger partial charge on any atom is -0.480 e. The maximum atomic E-state index is 11.6. The van der Waals surface area contributed by atoms with Crippen LogP contribution in [0, 0.1) is 0 Å². The summed E-state index contributed by atoms with van der Waals surface area (Å²) in [7, 11) is 0. The molecule has 11 heteroatoms.